The lowest BCUT2D eigenvalue weighted by Gasteiger charge is -2.19. The molecule has 1 atom stereocenters. The molecule has 4 N–H and O–H groups in total. The van der Waals surface area contributed by atoms with E-state index in [0.29, 0.717) is 0 Å². The molecule has 0 aliphatic carbocycles. The molecule has 0 saturated heterocycles. The molecule has 0 heterocycles. The quantitative estimate of drug-likeness (QED) is 0.208. The maximum atomic E-state index is 11.2. The van der Waals surface area contributed by atoms with Crippen LogP contribution in [0.15, 0.2) is 0 Å². The van der Waals surface area contributed by atoms with Crippen molar-refractivity contribution < 1.29 is 23.0 Å². The summed E-state index contributed by atoms with van der Waals surface area (Å²) in [5.41, 5.74) is 1.53. The molecule has 0 aliphatic heterocycles. The number of hydrogen-bond donors (Lipinski definition) is 4. The molecule has 0 aromatic carbocycles. The molecule has 0 saturated carbocycles. The zero-order chi connectivity index (χ0) is 12.8. The van der Waals surface area contributed by atoms with E-state index in [0.717, 1.165) is 0 Å². The highest BCUT2D eigenvalue weighted by molar-refractivity contribution is 7.85. The normalized spacial score (nSPS) is 13.8. The molecule has 0 spiro atoms. The van der Waals surface area contributed by atoms with Crippen LogP contribution < -0.4 is 10.8 Å². The van der Waals surface area contributed by atoms with Crippen molar-refractivity contribution in [3.63, 3.8) is 0 Å². The predicted octanol–water partition coefficient (Wildman–Crippen LogP) is -0.616. The summed E-state index contributed by atoms with van der Waals surface area (Å²) in [6.07, 6.45) is 0.195. The number of carbonyl (C=O) groups excluding carboxylic acids is 1. The highest BCUT2D eigenvalue weighted by Gasteiger charge is 2.20. The summed E-state index contributed by atoms with van der Waals surface area (Å²) in [6.45, 7) is 3.83. The van der Waals surface area contributed by atoms with Crippen LogP contribution in [0, 0.1) is 5.92 Å². The van der Waals surface area contributed by atoms with Gasteiger partial charge in [0.15, 0.2) is 0 Å². The second kappa shape index (κ2) is 6.79. The van der Waals surface area contributed by atoms with Gasteiger partial charge in [0.05, 0.1) is 11.8 Å². The smallest absolute Gasteiger partial charge is 0.264 e. The van der Waals surface area contributed by atoms with E-state index in [4.69, 9.17) is 9.76 Å². The molecule has 0 aromatic rings. The van der Waals surface area contributed by atoms with Gasteiger partial charge in [0.1, 0.15) is 0 Å². The lowest BCUT2D eigenvalue weighted by molar-refractivity contribution is -0.132. The molecular formula is C8H18N2O5S. The van der Waals surface area contributed by atoms with Crippen LogP contribution in [0.25, 0.3) is 0 Å². The first-order chi connectivity index (χ1) is 7.28. The van der Waals surface area contributed by atoms with Gasteiger partial charge in [-0.05, 0) is 18.9 Å². The molecule has 0 rings (SSSR count). The van der Waals surface area contributed by atoms with Crippen molar-refractivity contribution in [3.8, 4) is 0 Å². The molecule has 0 aromatic heterocycles. The van der Waals surface area contributed by atoms with Gasteiger partial charge in [-0.25, -0.2) is 5.48 Å². The van der Waals surface area contributed by atoms with Gasteiger partial charge >= 0.3 is 0 Å². The fourth-order valence-electron chi connectivity index (χ4n) is 1.21. The Morgan fingerprint density at radius 2 is 1.94 bits per heavy atom. The number of rotatable bonds is 7. The van der Waals surface area contributed by atoms with Gasteiger partial charge < -0.3 is 5.32 Å². The fourth-order valence-corrected chi connectivity index (χ4v) is 1.72. The standard InChI is InChI=1S/C8H18N2O5S/c1-6(2)7(8(11)10-12)9-4-3-5-16(13,14)15/h6-7,9,12H,3-5H2,1-2H3,(H,10,11)(H,13,14,15)/t7-/m1/s1. The van der Waals surface area contributed by atoms with Gasteiger partial charge in [0.2, 0.25) is 0 Å². The minimum Gasteiger partial charge on any atom is -0.306 e. The monoisotopic (exact) mass is 254 g/mol. The summed E-state index contributed by atoms with van der Waals surface area (Å²) >= 11 is 0. The summed E-state index contributed by atoms with van der Waals surface area (Å²) in [5, 5.41) is 11.3. The lowest BCUT2D eigenvalue weighted by Crippen LogP contribution is -2.47. The van der Waals surface area contributed by atoms with E-state index < -0.39 is 22.1 Å². The number of hydrogen-bond acceptors (Lipinski definition) is 5. The Labute approximate surface area is 94.9 Å². The summed E-state index contributed by atoms with van der Waals surface area (Å²) in [5.74, 6) is -0.967. The average Bonchev–Trinajstić information content (AvgIpc) is 2.14. The summed E-state index contributed by atoms with van der Waals surface area (Å²) < 4.78 is 29.3. The summed E-state index contributed by atoms with van der Waals surface area (Å²) in [6, 6.07) is -0.591. The van der Waals surface area contributed by atoms with Crippen molar-refractivity contribution in [2.24, 2.45) is 5.92 Å². The Morgan fingerprint density at radius 3 is 2.31 bits per heavy atom. The first-order valence-electron chi connectivity index (χ1n) is 4.90. The Kier molecular flexibility index (Phi) is 6.49. The van der Waals surface area contributed by atoms with Gasteiger partial charge in [-0.2, -0.15) is 8.42 Å². The first-order valence-corrected chi connectivity index (χ1v) is 6.51. The molecular weight excluding hydrogens is 236 g/mol. The molecule has 16 heavy (non-hydrogen) atoms. The SMILES string of the molecule is CC(C)[C@@H](NCCCS(=O)(=O)O)C(=O)NO. The highest BCUT2D eigenvalue weighted by Crippen LogP contribution is 2.01. The van der Waals surface area contributed by atoms with Crippen molar-refractivity contribution >= 4 is 16.0 Å². The fraction of sp³-hybridized carbons (Fsp3) is 0.875. The Balaban J connectivity index is 4.00. The van der Waals surface area contributed by atoms with E-state index in [1.165, 1.54) is 5.48 Å². The van der Waals surface area contributed by atoms with Gasteiger partial charge in [0.25, 0.3) is 16.0 Å². The Hall–Kier alpha value is -0.700. The van der Waals surface area contributed by atoms with Crippen molar-refractivity contribution in [1.29, 1.82) is 0 Å². The average molecular weight is 254 g/mol. The van der Waals surface area contributed by atoms with E-state index in [1.54, 1.807) is 13.8 Å². The topological polar surface area (TPSA) is 116 Å². The maximum absolute atomic E-state index is 11.2. The highest BCUT2D eigenvalue weighted by atomic mass is 32.2. The minimum absolute atomic E-state index is 0.0436. The van der Waals surface area contributed by atoms with Crippen LogP contribution in [0.2, 0.25) is 0 Å². The zero-order valence-corrected chi connectivity index (χ0v) is 10.1. The number of amides is 1. The molecule has 0 fully saturated rings. The number of hydroxylamine groups is 1. The van der Waals surface area contributed by atoms with Crippen molar-refractivity contribution in [3.05, 3.63) is 0 Å². The van der Waals surface area contributed by atoms with E-state index in [9.17, 15) is 13.2 Å². The largest absolute Gasteiger partial charge is 0.306 e. The van der Waals surface area contributed by atoms with Gasteiger partial charge in [-0.3, -0.25) is 14.6 Å². The third-order valence-electron chi connectivity index (χ3n) is 2.00. The molecule has 0 bridgehead atoms. The van der Waals surface area contributed by atoms with Crippen molar-refractivity contribution in [2.75, 3.05) is 12.3 Å². The van der Waals surface area contributed by atoms with E-state index in [-0.39, 0.29) is 24.6 Å². The van der Waals surface area contributed by atoms with Gasteiger partial charge in [-0.15, -0.1) is 0 Å². The molecule has 8 heteroatoms. The van der Waals surface area contributed by atoms with Crippen LogP contribution in [0.5, 0.6) is 0 Å². The number of carbonyl (C=O) groups is 1. The third-order valence-corrected chi connectivity index (χ3v) is 2.81. The van der Waals surface area contributed by atoms with E-state index >= 15 is 0 Å². The Morgan fingerprint density at radius 1 is 1.38 bits per heavy atom. The summed E-state index contributed by atoms with van der Waals surface area (Å²) in [4.78, 5) is 11.2. The number of nitrogens with one attached hydrogen (secondary N) is 2. The van der Waals surface area contributed by atoms with E-state index in [2.05, 4.69) is 5.32 Å². The molecule has 0 aliphatic rings. The maximum Gasteiger partial charge on any atom is 0.264 e. The van der Waals surface area contributed by atoms with Crippen LogP contribution in [-0.2, 0) is 14.9 Å². The first kappa shape index (κ1) is 15.3. The van der Waals surface area contributed by atoms with Crippen LogP contribution >= 0.6 is 0 Å². The molecule has 0 radical (unpaired) electrons. The molecule has 7 nitrogen and oxygen atoms in total. The van der Waals surface area contributed by atoms with Crippen LogP contribution in [-0.4, -0.2) is 42.4 Å². The Bertz CT molecular complexity index is 314. The van der Waals surface area contributed by atoms with Crippen molar-refractivity contribution in [2.45, 2.75) is 26.3 Å². The van der Waals surface area contributed by atoms with Crippen LogP contribution in [0.1, 0.15) is 20.3 Å². The zero-order valence-electron chi connectivity index (χ0n) is 9.30. The second-order valence-electron chi connectivity index (χ2n) is 3.79. The van der Waals surface area contributed by atoms with Crippen LogP contribution in [0.3, 0.4) is 0 Å². The third kappa shape index (κ3) is 6.72. The lowest BCUT2D eigenvalue weighted by atomic mass is 10.0. The van der Waals surface area contributed by atoms with Crippen LogP contribution in [0.4, 0.5) is 0 Å². The second-order valence-corrected chi connectivity index (χ2v) is 5.36. The minimum atomic E-state index is -3.96. The molecule has 1 amide bonds. The van der Waals surface area contributed by atoms with Crippen molar-refractivity contribution in [1.82, 2.24) is 10.8 Å². The molecule has 96 valence electrons. The predicted molar refractivity (Wildman–Crippen MR) is 57.6 cm³/mol. The summed E-state index contributed by atoms with van der Waals surface area (Å²) in [7, 11) is -3.96. The van der Waals surface area contributed by atoms with Gasteiger partial charge in [-0.1, -0.05) is 13.8 Å². The van der Waals surface area contributed by atoms with Gasteiger partial charge in [0, 0.05) is 0 Å². The van der Waals surface area contributed by atoms with E-state index in [1.807, 2.05) is 0 Å². The molecule has 0 unspecified atom stereocenters.